The van der Waals surface area contributed by atoms with Crippen molar-refractivity contribution in [1.82, 2.24) is 9.88 Å². The molecule has 0 radical (unpaired) electrons. The molecule has 1 saturated heterocycles. The van der Waals surface area contributed by atoms with E-state index in [2.05, 4.69) is 4.98 Å². The van der Waals surface area contributed by atoms with Crippen molar-refractivity contribution in [3.63, 3.8) is 0 Å². The summed E-state index contributed by atoms with van der Waals surface area (Å²) in [5.41, 5.74) is -0.313. The van der Waals surface area contributed by atoms with Crippen LogP contribution in [0.2, 0.25) is 5.02 Å². The normalized spacial score (nSPS) is 16.4. The van der Waals surface area contributed by atoms with Crippen LogP contribution in [0.15, 0.2) is 36.5 Å². The minimum atomic E-state index is -1.51. The van der Waals surface area contributed by atoms with Crippen LogP contribution in [0.5, 0.6) is 11.5 Å². The van der Waals surface area contributed by atoms with Crippen molar-refractivity contribution >= 4 is 28.5 Å². The van der Waals surface area contributed by atoms with Crippen LogP contribution in [0, 0.1) is 22.9 Å². The zero-order valence-corrected chi connectivity index (χ0v) is 21.4. The Morgan fingerprint density at radius 1 is 1.18 bits per heavy atom. The Hall–Kier alpha value is -3.11. The van der Waals surface area contributed by atoms with Crippen LogP contribution >= 0.6 is 11.6 Å². The second-order valence-electron chi connectivity index (χ2n) is 9.38. The van der Waals surface area contributed by atoms with Gasteiger partial charge < -0.3 is 14.6 Å². The molecule has 2 heterocycles. The molecule has 0 saturated carbocycles. The molecule has 0 spiro atoms. The number of carbonyl (C=O) groups is 1. The largest absolute Gasteiger partial charge is 0.497 e. The van der Waals surface area contributed by atoms with Crippen LogP contribution in [0.25, 0.3) is 10.9 Å². The van der Waals surface area contributed by atoms with Gasteiger partial charge in [0.2, 0.25) is 0 Å². The molecule has 38 heavy (non-hydrogen) atoms. The van der Waals surface area contributed by atoms with E-state index in [1.807, 2.05) is 4.90 Å². The number of benzene rings is 2. The molecule has 6 nitrogen and oxygen atoms in total. The maximum atomic E-state index is 15.6. The summed E-state index contributed by atoms with van der Waals surface area (Å²) < 4.78 is 66.6. The Balaban J connectivity index is 1.37. The molecule has 1 unspecified atom stereocenters. The number of likely N-dealkylation sites (tertiary alicyclic amines) is 1. The molecule has 1 fully saturated rings. The van der Waals surface area contributed by atoms with E-state index in [-0.39, 0.29) is 49.4 Å². The van der Waals surface area contributed by atoms with Gasteiger partial charge in [0.25, 0.3) is 0 Å². The number of fused-ring (bicyclic) bond motifs is 1. The molecule has 1 aliphatic heterocycles. The number of alkyl halides is 1. The van der Waals surface area contributed by atoms with E-state index in [4.69, 9.17) is 21.1 Å². The maximum Gasteiger partial charge on any atom is 0.309 e. The fraction of sp³-hybridized carbons (Fsp3) is 0.407. The number of aliphatic carboxylic acids is 1. The number of pyridine rings is 1. The van der Waals surface area contributed by atoms with E-state index in [9.17, 15) is 23.1 Å². The van der Waals surface area contributed by atoms with E-state index in [1.54, 1.807) is 18.2 Å². The zero-order valence-electron chi connectivity index (χ0n) is 20.7. The number of methoxy groups -OCH3 is 1. The summed E-state index contributed by atoms with van der Waals surface area (Å²) in [6, 6.07) is 6.16. The highest BCUT2D eigenvalue weighted by Crippen LogP contribution is 2.42. The fourth-order valence-corrected chi connectivity index (χ4v) is 5.15. The Labute approximate surface area is 222 Å². The summed E-state index contributed by atoms with van der Waals surface area (Å²) in [5.74, 6) is -4.43. The van der Waals surface area contributed by atoms with Gasteiger partial charge in [0.05, 0.1) is 23.1 Å². The molecule has 1 aromatic heterocycles. The highest BCUT2D eigenvalue weighted by atomic mass is 35.5. The first kappa shape index (κ1) is 27.9. The third kappa shape index (κ3) is 5.96. The molecule has 4 rings (SSSR count). The van der Waals surface area contributed by atoms with Gasteiger partial charge in [-0.05, 0) is 57.0 Å². The minimum absolute atomic E-state index is 0.0470. The lowest BCUT2D eigenvalue weighted by atomic mass is 9.74. The SMILES string of the molecule is COc1ccc2ncc(Cl)c(C(F)CCC3(C(=O)O)CCN(CCOc4c(F)cc(F)cc4F)CC3)c2c1. The molecule has 0 amide bonds. The van der Waals surface area contributed by atoms with Crippen LogP contribution in [-0.4, -0.2) is 54.3 Å². The van der Waals surface area contributed by atoms with Crippen LogP contribution in [0.4, 0.5) is 17.6 Å². The first-order valence-electron chi connectivity index (χ1n) is 12.1. The number of ether oxygens (including phenoxy) is 2. The number of aromatic nitrogens is 1. The summed E-state index contributed by atoms with van der Waals surface area (Å²) >= 11 is 6.31. The number of hydrogen-bond acceptors (Lipinski definition) is 5. The molecule has 0 aliphatic carbocycles. The molecule has 1 N–H and O–H groups in total. The minimum Gasteiger partial charge on any atom is -0.497 e. The zero-order chi connectivity index (χ0) is 27.4. The Kier molecular flexibility index (Phi) is 8.62. The molecule has 204 valence electrons. The highest BCUT2D eigenvalue weighted by molar-refractivity contribution is 6.32. The van der Waals surface area contributed by atoms with Gasteiger partial charge in [0, 0.05) is 35.8 Å². The molecule has 1 aliphatic rings. The van der Waals surface area contributed by atoms with E-state index in [1.165, 1.54) is 13.3 Å². The maximum absolute atomic E-state index is 15.6. The predicted molar refractivity (Wildman–Crippen MR) is 134 cm³/mol. The number of carboxylic acid groups (broad SMARTS) is 1. The molecular weight excluding hydrogens is 528 g/mol. The average Bonchev–Trinajstić information content (AvgIpc) is 2.89. The van der Waals surface area contributed by atoms with Gasteiger partial charge in [-0.1, -0.05) is 11.6 Å². The topological polar surface area (TPSA) is 71.9 Å². The number of hydrogen-bond donors (Lipinski definition) is 1. The van der Waals surface area contributed by atoms with Crippen molar-refractivity contribution in [2.75, 3.05) is 33.4 Å². The fourth-order valence-electron chi connectivity index (χ4n) is 4.88. The summed E-state index contributed by atoms with van der Waals surface area (Å²) in [6.45, 7) is 0.996. The molecule has 11 heteroatoms. The van der Waals surface area contributed by atoms with Gasteiger partial charge in [-0.25, -0.2) is 17.6 Å². The summed E-state index contributed by atoms with van der Waals surface area (Å²) in [4.78, 5) is 18.4. The van der Waals surface area contributed by atoms with Crippen molar-refractivity contribution in [3.05, 3.63) is 64.6 Å². The molecule has 0 bridgehead atoms. The number of nitrogens with zero attached hydrogens (tertiary/aromatic N) is 2. The first-order chi connectivity index (χ1) is 18.1. The van der Waals surface area contributed by atoms with Gasteiger partial charge in [-0.15, -0.1) is 0 Å². The van der Waals surface area contributed by atoms with Crippen molar-refractivity contribution in [1.29, 1.82) is 0 Å². The number of piperidine rings is 1. The average molecular weight is 555 g/mol. The van der Waals surface area contributed by atoms with Gasteiger partial charge in [-0.3, -0.25) is 14.7 Å². The van der Waals surface area contributed by atoms with Crippen molar-refractivity contribution in [3.8, 4) is 11.5 Å². The summed E-state index contributed by atoms with van der Waals surface area (Å²) in [6.07, 6.45) is 0.469. The molecule has 1 atom stereocenters. The second kappa shape index (κ2) is 11.7. The van der Waals surface area contributed by atoms with Gasteiger partial charge >= 0.3 is 5.97 Å². The first-order valence-corrected chi connectivity index (χ1v) is 12.5. The third-order valence-corrected chi connectivity index (χ3v) is 7.44. The van der Waals surface area contributed by atoms with Gasteiger partial charge in [0.15, 0.2) is 17.4 Å². The van der Waals surface area contributed by atoms with E-state index in [0.29, 0.717) is 41.9 Å². The van der Waals surface area contributed by atoms with E-state index >= 15 is 4.39 Å². The number of carboxylic acids is 1. The molecular formula is C27H27ClF4N2O4. The van der Waals surface area contributed by atoms with Crippen LogP contribution < -0.4 is 9.47 Å². The van der Waals surface area contributed by atoms with Crippen LogP contribution in [0.3, 0.4) is 0 Å². The quantitative estimate of drug-likeness (QED) is 0.294. The number of rotatable bonds is 10. The van der Waals surface area contributed by atoms with Crippen molar-refractivity contribution in [2.45, 2.75) is 31.9 Å². The highest BCUT2D eigenvalue weighted by Gasteiger charge is 2.42. The van der Waals surface area contributed by atoms with Crippen LogP contribution in [-0.2, 0) is 4.79 Å². The van der Waals surface area contributed by atoms with Gasteiger partial charge in [0.1, 0.15) is 24.3 Å². The lowest BCUT2D eigenvalue weighted by Gasteiger charge is -2.39. The van der Waals surface area contributed by atoms with E-state index in [0.717, 1.165) is 0 Å². The Morgan fingerprint density at radius 3 is 2.50 bits per heavy atom. The van der Waals surface area contributed by atoms with Crippen molar-refractivity contribution < 1.29 is 36.9 Å². The van der Waals surface area contributed by atoms with Gasteiger partial charge in [-0.2, -0.15) is 0 Å². The second-order valence-corrected chi connectivity index (χ2v) is 9.79. The predicted octanol–water partition coefficient (Wildman–Crippen LogP) is 6.35. The molecule has 3 aromatic rings. The lowest BCUT2D eigenvalue weighted by molar-refractivity contribution is -0.153. The Bertz CT molecular complexity index is 1290. The summed E-state index contributed by atoms with van der Waals surface area (Å²) in [5, 5.41) is 10.7. The van der Waals surface area contributed by atoms with Crippen molar-refractivity contribution in [2.24, 2.45) is 5.41 Å². The number of halogens is 5. The third-order valence-electron chi connectivity index (χ3n) is 7.14. The summed E-state index contributed by atoms with van der Waals surface area (Å²) in [7, 11) is 1.50. The van der Waals surface area contributed by atoms with Crippen LogP contribution in [0.1, 0.15) is 37.4 Å². The Morgan fingerprint density at radius 2 is 1.87 bits per heavy atom. The van der Waals surface area contributed by atoms with E-state index < -0.39 is 40.8 Å². The lowest BCUT2D eigenvalue weighted by Crippen LogP contribution is -2.45. The monoisotopic (exact) mass is 554 g/mol. The smallest absolute Gasteiger partial charge is 0.309 e. The standard InChI is InChI=1S/C27H27ClF4N2O4/c1-37-17-2-3-23-18(14-17)24(19(28)15-33-23)20(30)4-5-27(26(35)36)6-8-34(9-7-27)10-11-38-25-21(31)12-16(29)13-22(25)32/h2-3,12-15,20H,4-11H2,1H3,(H,35,36). The molecule has 2 aromatic carbocycles.